The van der Waals surface area contributed by atoms with Gasteiger partial charge in [-0.25, -0.2) is 9.97 Å². The van der Waals surface area contributed by atoms with Crippen LogP contribution in [0.3, 0.4) is 0 Å². The lowest BCUT2D eigenvalue weighted by Crippen LogP contribution is -2.15. The monoisotopic (exact) mass is 413 g/mol. The average Bonchev–Trinajstić information content (AvgIpc) is 3.04. The third kappa shape index (κ3) is 4.17. The summed E-state index contributed by atoms with van der Waals surface area (Å²) in [6.07, 6.45) is 1.47. The predicted octanol–water partition coefficient (Wildman–Crippen LogP) is 3.41. The zero-order valence-corrected chi connectivity index (χ0v) is 16.6. The number of carbonyl (C=O) groups excluding carboxylic acids is 1. The summed E-state index contributed by atoms with van der Waals surface area (Å²) in [6.45, 7) is 1.98. The second kappa shape index (κ2) is 8.73. The molecule has 1 unspecified atom stereocenters. The molecule has 2 heterocycles. The Bertz CT molecular complexity index is 1040. The molecular weight excluding hydrogens is 394 g/mol. The Morgan fingerprint density at radius 2 is 1.93 bits per heavy atom. The molecule has 4 rings (SSSR count). The molecule has 0 saturated carbocycles. The first kappa shape index (κ1) is 19.6. The van der Waals surface area contributed by atoms with Crippen molar-refractivity contribution in [3.8, 4) is 5.75 Å². The van der Waals surface area contributed by atoms with Gasteiger partial charge in [0.25, 0.3) is 0 Å². The van der Waals surface area contributed by atoms with Crippen LogP contribution in [0.15, 0.2) is 42.7 Å². The van der Waals surface area contributed by atoms with Gasteiger partial charge in [-0.15, -0.1) is 0 Å². The van der Waals surface area contributed by atoms with Crippen molar-refractivity contribution in [3.63, 3.8) is 0 Å². The number of aromatic nitrogens is 2. The highest BCUT2D eigenvalue weighted by molar-refractivity contribution is 6.31. The van der Waals surface area contributed by atoms with Crippen LogP contribution in [0.2, 0.25) is 5.02 Å². The number of fused-ring (bicyclic) bond motifs is 2. The number of halogens is 1. The summed E-state index contributed by atoms with van der Waals surface area (Å²) >= 11 is 6.05. The van der Waals surface area contributed by atoms with E-state index in [4.69, 9.17) is 25.8 Å². The van der Waals surface area contributed by atoms with E-state index in [1.807, 2.05) is 24.3 Å². The molecule has 1 amide bonds. The fourth-order valence-electron chi connectivity index (χ4n) is 3.35. The number of nitrogens with zero attached hydrogens (tertiary/aromatic N) is 2. The van der Waals surface area contributed by atoms with Gasteiger partial charge in [0.1, 0.15) is 24.6 Å². The maximum atomic E-state index is 12.6. The van der Waals surface area contributed by atoms with Crippen LogP contribution >= 0.6 is 11.6 Å². The third-order valence-electron chi connectivity index (χ3n) is 4.69. The largest absolute Gasteiger partial charge is 0.491 e. The molecule has 29 heavy (non-hydrogen) atoms. The van der Waals surface area contributed by atoms with Gasteiger partial charge in [0.15, 0.2) is 0 Å². The Hall–Kier alpha value is -2.74. The van der Waals surface area contributed by atoms with Gasteiger partial charge in [-0.05, 0) is 29.8 Å². The molecule has 0 radical (unpaired) electrons. The Morgan fingerprint density at radius 1 is 1.07 bits per heavy atom. The summed E-state index contributed by atoms with van der Waals surface area (Å²) in [4.78, 5) is 21.4. The molecule has 0 saturated heterocycles. The molecule has 1 N–H and O–H groups in total. The van der Waals surface area contributed by atoms with Crippen molar-refractivity contribution in [2.24, 2.45) is 0 Å². The van der Waals surface area contributed by atoms with Crippen molar-refractivity contribution in [3.05, 3.63) is 59.0 Å². The molecule has 0 bridgehead atoms. The fraction of sp³-hybridized carbons (Fsp3) is 0.286. The van der Waals surface area contributed by atoms with Crippen LogP contribution in [-0.2, 0) is 14.3 Å². The molecule has 2 aromatic carbocycles. The summed E-state index contributed by atoms with van der Waals surface area (Å²) in [6, 6.07) is 10.9. The maximum absolute atomic E-state index is 12.6. The van der Waals surface area contributed by atoms with Crippen LogP contribution in [0.25, 0.3) is 10.9 Å². The molecular formula is C21H20ClN3O4. The van der Waals surface area contributed by atoms with Crippen LogP contribution in [-0.4, -0.2) is 49.4 Å². The minimum Gasteiger partial charge on any atom is -0.491 e. The second-order valence-electron chi connectivity index (χ2n) is 6.55. The number of carbonyl (C=O) groups is 1. The van der Waals surface area contributed by atoms with Crippen LogP contribution in [0.1, 0.15) is 17.2 Å². The van der Waals surface area contributed by atoms with Gasteiger partial charge in [-0.1, -0.05) is 17.7 Å². The van der Waals surface area contributed by atoms with Gasteiger partial charge in [-0.3, -0.25) is 4.79 Å². The molecule has 0 spiro atoms. The zero-order valence-electron chi connectivity index (χ0n) is 15.9. The summed E-state index contributed by atoms with van der Waals surface area (Å²) in [5.74, 6) is 0.0464. The van der Waals surface area contributed by atoms with E-state index in [0.717, 1.165) is 10.9 Å². The molecule has 150 valence electrons. The summed E-state index contributed by atoms with van der Waals surface area (Å²) < 4.78 is 16.1. The molecule has 1 aliphatic heterocycles. The molecule has 0 aliphatic carbocycles. The number of benzene rings is 2. The van der Waals surface area contributed by atoms with Crippen LogP contribution in [0, 0.1) is 0 Å². The molecule has 1 atom stereocenters. The quantitative estimate of drug-likeness (QED) is 0.570. The van der Waals surface area contributed by atoms with Crippen molar-refractivity contribution < 1.29 is 19.0 Å². The standard InChI is InChI=1S/C21H20ClN3O4/c1-27-6-7-28-8-9-29-14-3-5-16-17(11-14)23-12-24-20(16)19-15-4-2-13(22)10-18(15)25-21(19)26/h2-5,10-12,19H,6-9H2,1H3,(H,25,26). The second-order valence-corrected chi connectivity index (χ2v) is 6.98. The Balaban J connectivity index is 1.55. The Labute approximate surface area is 173 Å². The first-order chi connectivity index (χ1) is 14.2. The van der Waals surface area contributed by atoms with Crippen LogP contribution in [0.5, 0.6) is 5.75 Å². The van der Waals surface area contributed by atoms with E-state index >= 15 is 0 Å². The molecule has 7 nitrogen and oxygen atoms in total. The lowest BCUT2D eigenvalue weighted by atomic mass is 9.94. The van der Waals surface area contributed by atoms with Crippen LogP contribution in [0.4, 0.5) is 5.69 Å². The highest BCUT2D eigenvalue weighted by Gasteiger charge is 2.34. The molecule has 3 aromatic rings. The first-order valence-corrected chi connectivity index (χ1v) is 9.59. The minimum atomic E-state index is -0.506. The molecule has 8 heteroatoms. The average molecular weight is 414 g/mol. The Morgan fingerprint density at radius 3 is 2.79 bits per heavy atom. The summed E-state index contributed by atoms with van der Waals surface area (Å²) in [5.41, 5.74) is 2.94. The van der Waals surface area contributed by atoms with Gasteiger partial charge < -0.3 is 19.5 Å². The molecule has 1 aromatic heterocycles. The summed E-state index contributed by atoms with van der Waals surface area (Å²) in [7, 11) is 1.63. The molecule has 1 aliphatic rings. The first-order valence-electron chi connectivity index (χ1n) is 9.22. The predicted molar refractivity (Wildman–Crippen MR) is 110 cm³/mol. The Kier molecular flexibility index (Phi) is 5.89. The number of ether oxygens (including phenoxy) is 3. The van der Waals surface area contributed by atoms with E-state index in [9.17, 15) is 4.79 Å². The van der Waals surface area contributed by atoms with Crippen molar-refractivity contribution in [2.45, 2.75) is 5.92 Å². The van der Waals surface area contributed by atoms with Crippen LogP contribution < -0.4 is 10.1 Å². The SMILES string of the molecule is COCCOCCOc1ccc2c(C3C(=O)Nc4cc(Cl)ccc43)ncnc2c1. The highest BCUT2D eigenvalue weighted by Crippen LogP contribution is 2.39. The number of hydrogen-bond donors (Lipinski definition) is 1. The highest BCUT2D eigenvalue weighted by atomic mass is 35.5. The zero-order chi connectivity index (χ0) is 20.2. The van der Waals surface area contributed by atoms with Gasteiger partial charge in [0, 0.05) is 29.3 Å². The van der Waals surface area contributed by atoms with E-state index in [1.165, 1.54) is 6.33 Å². The smallest absolute Gasteiger partial charge is 0.238 e. The number of anilines is 1. The van der Waals surface area contributed by atoms with Crippen molar-refractivity contribution in [2.75, 3.05) is 38.9 Å². The van der Waals surface area contributed by atoms with E-state index in [2.05, 4.69) is 15.3 Å². The molecule has 0 fully saturated rings. The normalized spacial score (nSPS) is 15.4. The van der Waals surface area contributed by atoms with E-state index < -0.39 is 5.92 Å². The lowest BCUT2D eigenvalue weighted by Gasteiger charge is -2.12. The number of methoxy groups -OCH3 is 1. The van der Waals surface area contributed by atoms with Gasteiger partial charge in [-0.2, -0.15) is 0 Å². The van der Waals surface area contributed by atoms with Crippen molar-refractivity contribution >= 4 is 34.1 Å². The van der Waals surface area contributed by atoms with Crippen molar-refractivity contribution in [1.82, 2.24) is 9.97 Å². The topological polar surface area (TPSA) is 82.6 Å². The maximum Gasteiger partial charge on any atom is 0.238 e. The van der Waals surface area contributed by atoms with Gasteiger partial charge in [0.2, 0.25) is 5.91 Å². The number of nitrogens with one attached hydrogen (secondary N) is 1. The van der Waals surface area contributed by atoms with Crippen molar-refractivity contribution in [1.29, 1.82) is 0 Å². The van der Waals surface area contributed by atoms with Gasteiger partial charge >= 0.3 is 0 Å². The number of amides is 1. The van der Waals surface area contributed by atoms with E-state index in [1.54, 1.807) is 19.2 Å². The van der Waals surface area contributed by atoms with E-state index in [-0.39, 0.29) is 5.91 Å². The lowest BCUT2D eigenvalue weighted by molar-refractivity contribution is -0.116. The summed E-state index contributed by atoms with van der Waals surface area (Å²) in [5, 5.41) is 4.26. The van der Waals surface area contributed by atoms with Gasteiger partial charge in [0.05, 0.1) is 31.0 Å². The van der Waals surface area contributed by atoms with E-state index in [0.29, 0.717) is 54.1 Å². The number of rotatable bonds is 8. The fourth-order valence-corrected chi connectivity index (χ4v) is 3.52. The minimum absolute atomic E-state index is 0.129. The third-order valence-corrected chi connectivity index (χ3v) is 4.92. The number of hydrogen-bond acceptors (Lipinski definition) is 6.